The van der Waals surface area contributed by atoms with Gasteiger partial charge in [-0.2, -0.15) is 0 Å². The second kappa shape index (κ2) is 19.7. The Balaban J connectivity index is 0. The highest BCUT2D eigenvalue weighted by molar-refractivity contribution is 4.60. The van der Waals surface area contributed by atoms with Crippen molar-refractivity contribution in [1.82, 2.24) is 0 Å². The van der Waals surface area contributed by atoms with Crippen molar-refractivity contribution in [2.24, 2.45) is 0 Å². The summed E-state index contributed by atoms with van der Waals surface area (Å²) in [7, 11) is 0. The first-order valence-corrected chi connectivity index (χ1v) is 1.92. The number of hydrogen-bond donors (Lipinski definition) is 0. The van der Waals surface area contributed by atoms with Crippen molar-refractivity contribution in [3.05, 3.63) is 28.6 Å². The Bertz CT molecular complexity index is 61.3. The molecule has 0 fully saturated rings. The summed E-state index contributed by atoms with van der Waals surface area (Å²) in [6, 6.07) is 0. The third-order valence-corrected chi connectivity index (χ3v) is 0.289. The molecule has 0 aliphatic rings. The average Bonchev–Trinajstić information content (AvgIpc) is 1.69. The van der Waals surface area contributed by atoms with Crippen LogP contribution in [0.1, 0.15) is 13.3 Å². The van der Waals surface area contributed by atoms with Crippen LogP contribution in [0, 0.1) is 0 Å². The van der Waals surface area contributed by atoms with Crippen LogP contribution in [0.5, 0.6) is 0 Å². The highest BCUT2D eigenvalue weighted by Gasteiger charge is 1.45. The Morgan fingerprint density at radius 2 is 1.86 bits per heavy atom. The van der Waals surface area contributed by atoms with Crippen molar-refractivity contribution in [3.8, 4) is 0 Å². The maximum atomic E-state index is 6.75. The summed E-state index contributed by atoms with van der Waals surface area (Å²) in [5.74, 6) is 0. The van der Waals surface area contributed by atoms with Crippen LogP contribution in [0.15, 0.2) is 12.7 Å². The van der Waals surface area contributed by atoms with Crippen molar-refractivity contribution >= 4 is 0 Å². The molecule has 0 aliphatic heterocycles. The van der Waals surface area contributed by atoms with E-state index in [0.717, 1.165) is 6.42 Å². The topological polar surface area (TPSA) is 58.7 Å². The molecule has 0 radical (unpaired) electrons. The van der Waals surface area contributed by atoms with E-state index < -0.39 is 0 Å². The van der Waals surface area contributed by atoms with E-state index in [4.69, 9.17) is 11.1 Å². The molecule has 7 heavy (non-hydrogen) atoms. The van der Waals surface area contributed by atoms with Crippen molar-refractivity contribution < 1.29 is 0 Å². The molecule has 3 nitrogen and oxygen atoms in total. The van der Waals surface area contributed by atoms with E-state index in [2.05, 4.69) is 13.5 Å². The second-order valence-electron chi connectivity index (χ2n) is 0.786. The summed E-state index contributed by atoms with van der Waals surface area (Å²) in [5.41, 5.74) is 13.5. The Kier molecular flexibility index (Phi) is 26.5. The predicted molar refractivity (Wildman–Crippen MR) is 30.6 cm³/mol. The molecule has 0 aromatic heterocycles. The SMILES string of the molecule is C=CCC.[N-]=[N+]=[N-]. The van der Waals surface area contributed by atoms with Crippen LogP contribution in [0.2, 0.25) is 0 Å². The molecule has 0 saturated carbocycles. The van der Waals surface area contributed by atoms with Crippen LogP contribution in [0.4, 0.5) is 0 Å². The summed E-state index contributed by atoms with van der Waals surface area (Å²) in [6.07, 6.45) is 2.96. The Hall–Kier alpha value is -0.950. The molecule has 0 atom stereocenters. The van der Waals surface area contributed by atoms with Crippen LogP contribution in [-0.2, 0) is 0 Å². The van der Waals surface area contributed by atoms with Crippen LogP contribution in [0.3, 0.4) is 0 Å². The quantitative estimate of drug-likeness (QED) is 0.209. The van der Waals surface area contributed by atoms with Gasteiger partial charge in [0.25, 0.3) is 0 Å². The molecular formula is C4H8N3-. The standard InChI is InChI=1S/C4H8.N3/c1-3-4-2;1-3-2/h3H,1,4H2,2H3;/q;-1. The molecular weight excluding hydrogens is 90.1 g/mol. The van der Waals surface area contributed by atoms with Gasteiger partial charge in [-0.15, -0.1) is 6.58 Å². The smallest absolute Gasteiger partial charge is 0.0382 e. The van der Waals surface area contributed by atoms with Crippen LogP contribution in [-0.4, -0.2) is 0 Å². The molecule has 0 heterocycles. The molecule has 0 N–H and O–H groups in total. The maximum Gasteiger partial charge on any atom is -0.0382 e. The van der Waals surface area contributed by atoms with Gasteiger partial charge < -0.3 is 11.1 Å². The van der Waals surface area contributed by atoms with Gasteiger partial charge in [-0.1, -0.05) is 13.0 Å². The summed E-state index contributed by atoms with van der Waals surface area (Å²) in [6.45, 7) is 5.54. The van der Waals surface area contributed by atoms with E-state index >= 15 is 0 Å². The summed E-state index contributed by atoms with van der Waals surface area (Å²) < 4.78 is 0. The van der Waals surface area contributed by atoms with Crippen molar-refractivity contribution in [2.45, 2.75) is 13.3 Å². The summed E-state index contributed by atoms with van der Waals surface area (Å²) >= 11 is 0. The lowest BCUT2D eigenvalue weighted by Crippen LogP contribution is -1.36. The molecule has 40 valence electrons. The van der Waals surface area contributed by atoms with Gasteiger partial charge in [-0.05, 0) is 6.42 Å². The van der Waals surface area contributed by atoms with Gasteiger partial charge in [-0.25, -0.2) is 0 Å². The van der Waals surface area contributed by atoms with E-state index in [-0.39, 0.29) is 0 Å². The van der Waals surface area contributed by atoms with Gasteiger partial charge in [0.2, 0.25) is 0 Å². The van der Waals surface area contributed by atoms with Gasteiger partial charge in [0.1, 0.15) is 0 Å². The minimum Gasteiger partial charge on any atom is -0.373 e. The third kappa shape index (κ3) is 18800. The van der Waals surface area contributed by atoms with Gasteiger partial charge in [0.05, 0.1) is 0 Å². The zero-order valence-electron chi connectivity index (χ0n) is 4.33. The largest absolute Gasteiger partial charge is 0.373 e. The van der Waals surface area contributed by atoms with Gasteiger partial charge in [0.15, 0.2) is 0 Å². The minimum atomic E-state index is 1.08. The number of hydrogen-bond acceptors (Lipinski definition) is 0. The number of rotatable bonds is 1. The van der Waals surface area contributed by atoms with Crippen molar-refractivity contribution in [2.75, 3.05) is 0 Å². The third-order valence-electron chi connectivity index (χ3n) is 0.289. The van der Waals surface area contributed by atoms with Crippen LogP contribution >= 0.6 is 0 Å². The number of nitrogens with zero attached hydrogens (tertiary/aromatic N) is 3. The Morgan fingerprint density at radius 3 is 1.86 bits per heavy atom. The molecule has 0 unspecified atom stereocenters. The lowest BCUT2D eigenvalue weighted by molar-refractivity contribution is 1.23. The fraction of sp³-hybridized carbons (Fsp3) is 0.500. The first-order chi connectivity index (χ1) is 3.33. The first-order valence-electron chi connectivity index (χ1n) is 1.92. The monoisotopic (exact) mass is 98.1 g/mol. The van der Waals surface area contributed by atoms with Crippen LogP contribution in [0.25, 0.3) is 16.0 Å². The predicted octanol–water partition coefficient (Wildman–Crippen LogP) is 2.45. The molecule has 0 aromatic carbocycles. The Labute approximate surface area is 43.1 Å². The molecule has 3 heteroatoms. The lowest BCUT2D eigenvalue weighted by atomic mass is 10.5. The number of allylic oxidation sites excluding steroid dienone is 1. The molecule has 0 saturated heterocycles. The zero-order valence-corrected chi connectivity index (χ0v) is 4.33. The van der Waals surface area contributed by atoms with Crippen LogP contribution < -0.4 is 0 Å². The Morgan fingerprint density at radius 1 is 1.71 bits per heavy atom. The molecule has 0 amide bonds. The molecule has 0 spiro atoms. The van der Waals surface area contributed by atoms with Gasteiger partial charge in [0, 0.05) is 0 Å². The highest BCUT2D eigenvalue weighted by atomic mass is 15.0. The summed E-state index contributed by atoms with van der Waals surface area (Å²) in [5, 5.41) is 0. The molecule has 0 aliphatic carbocycles. The fourth-order valence-corrected chi connectivity index (χ4v) is 0. The van der Waals surface area contributed by atoms with E-state index in [1.54, 1.807) is 0 Å². The molecule has 0 rings (SSSR count). The average molecular weight is 98.1 g/mol. The zero-order chi connectivity index (χ0) is 6.12. The molecule has 0 aromatic rings. The fourth-order valence-electron chi connectivity index (χ4n) is 0. The highest BCUT2D eigenvalue weighted by Crippen LogP contribution is 1.66. The van der Waals surface area contributed by atoms with E-state index in [9.17, 15) is 0 Å². The van der Waals surface area contributed by atoms with Crippen molar-refractivity contribution in [3.63, 3.8) is 0 Å². The summed E-state index contributed by atoms with van der Waals surface area (Å²) in [4.78, 5) is 1.50. The van der Waals surface area contributed by atoms with E-state index in [0.29, 0.717) is 0 Å². The maximum absolute atomic E-state index is 6.75. The van der Waals surface area contributed by atoms with E-state index in [1.165, 1.54) is 4.91 Å². The normalized spacial score (nSPS) is 4.71. The first kappa shape index (κ1) is 9.41. The minimum absolute atomic E-state index is 1.08. The van der Waals surface area contributed by atoms with E-state index in [1.807, 2.05) is 6.08 Å². The molecule has 0 bridgehead atoms. The lowest BCUT2D eigenvalue weighted by Gasteiger charge is -1.57. The van der Waals surface area contributed by atoms with Gasteiger partial charge >= 0.3 is 0 Å². The van der Waals surface area contributed by atoms with Gasteiger partial charge in [-0.3, -0.25) is 4.91 Å². The van der Waals surface area contributed by atoms with Crippen molar-refractivity contribution in [1.29, 1.82) is 0 Å². The second-order valence-corrected chi connectivity index (χ2v) is 0.786.